The summed E-state index contributed by atoms with van der Waals surface area (Å²) >= 11 is 0. The van der Waals surface area contributed by atoms with Gasteiger partial charge in [0.1, 0.15) is 23.6 Å². The fourth-order valence-corrected chi connectivity index (χ4v) is 9.98. The molecule has 0 radical (unpaired) electrons. The van der Waals surface area contributed by atoms with Crippen LogP contribution < -0.4 is 29.9 Å². The van der Waals surface area contributed by atoms with Crippen molar-refractivity contribution >= 4 is 41.0 Å². The van der Waals surface area contributed by atoms with Crippen LogP contribution in [0.4, 0.5) is 11.5 Å². The van der Waals surface area contributed by atoms with E-state index in [0.717, 1.165) is 87.9 Å². The van der Waals surface area contributed by atoms with Crippen LogP contribution in [-0.2, 0) is 9.59 Å². The van der Waals surface area contributed by atoms with Crippen LogP contribution in [0.3, 0.4) is 0 Å². The molecule has 0 bridgehead atoms. The van der Waals surface area contributed by atoms with E-state index in [4.69, 9.17) is 13.6 Å². The Balaban J connectivity index is 0.679. The van der Waals surface area contributed by atoms with Crippen molar-refractivity contribution < 1.29 is 37.6 Å². The van der Waals surface area contributed by atoms with Gasteiger partial charge in [0.2, 0.25) is 11.8 Å². The second-order valence-corrected chi connectivity index (χ2v) is 17.5. The van der Waals surface area contributed by atoms with Crippen molar-refractivity contribution in [2.24, 2.45) is 11.3 Å². The number of hydrogen-bond donors (Lipinski definition) is 2. The number of nitriles is 1. The Kier molecular flexibility index (Phi) is 10.1. The third-order valence-corrected chi connectivity index (χ3v) is 13.6. The molecule has 318 valence electrons. The second kappa shape index (κ2) is 16.8. The third kappa shape index (κ3) is 8.23. The lowest BCUT2D eigenvalue weighted by atomic mass is 9.71. The average Bonchev–Trinajstić information content (AvgIpc) is 3.51. The fraction of sp³-hybridized carbons (Fsp3) is 0.511. The van der Waals surface area contributed by atoms with Crippen LogP contribution in [0.5, 0.6) is 11.5 Å². The summed E-state index contributed by atoms with van der Waals surface area (Å²) in [7, 11) is -2.69. The van der Waals surface area contributed by atoms with Crippen LogP contribution in [-0.4, -0.2) is 121 Å². The number of ether oxygens (including phenoxy) is 2. The van der Waals surface area contributed by atoms with Crippen molar-refractivity contribution in [3.63, 3.8) is 0 Å². The molecule has 2 N–H and O–H groups in total. The highest BCUT2D eigenvalue weighted by Crippen LogP contribution is 2.44. The number of likely N-dealkylation sites (tertiary alicyclic amines) is 1. The van der Waals surface area contributed by atoms with Crippen LogP contribution in [0.15, 0.2) is 48.5 Å². The van der Waals surface area contributed by atoms with Crippen molar-refractivity contribution in [3.8, 4) is 17.6 Å². The molecule has 1 atom stereocenters. The molecule has 1 saturated carbocycles. The maximum Gasteiger partial charge on any atom is 0.272 e. The van der Waals surface area contributed by atoms with Gasteiger partial charge in [-0.1, -0.05) is 0 Å². The van der Waals surface area contributed by atoms with Crippen LogP contribution in [0.25, 0.3) is 0 Å². The number of benzene rings is 2. The van der Waals surface area contributed by atoms with Gasteiger partial charge in [0.25, 0.3) is 17.7 Å². The summed E-state index contributed by atoms with van der Waals surface area (Å²) in [4.78, 5) is 71.8. The summed E-state index contributed by atoms with van der Waals surface area (Å²) in [5.74, 6) is -0.515. The number of fused-ring (bicyclic) bond motifs is 1. The Labute approximate surface area is 358 Å². The van der Waals surface area contributed by atoms with E-state index in [1.807, 2.05) is 18.2 Å². The molecule has 9 rings (SSSR count). The molecule has 16 heteroatoms. The number of nitrogens with one attached hydrogen (secondary N) is 2. The van der Waals surface area contributed by atoms with Gasteiger partial charge in [-0.25, -0.2) is 0 Å². The molecule has 2 aromatic carbocycles. The SMILES string of the molecule is [2H]C([2H])([2H])Oc1cc(OC2CCC(NC(=O)c3ccc(N4CCC(CN5CCC6(CC5)CN(c5ccc7c(c5)C(=O)N(C5CCC(=O)NC5=O)C7=O)C6)CC4)nn3)CC2)ccc1C#N. The fourth-order valence-electron chi connectivity index (χ4n) is 9.98. The maximum absolute atomic E-state index is 13.3. The molecule has 1 spiro atoms. The average molecular weight is 833 g/mol. The number of amides is 5. The molecule has 1 aromatic heterocycles. The summed E-state index contributed by atoms with van der Waals surface area (Å²) in [5.41, 5.74) is 2.13. The van der Waals surface area contributed by atoms with Gasteiger partial charge in [-0.15, -0.1) is 10.2 Å². The molecular weight excluding hydrogens is 779 g/mol. The maximum atomic E-state index is 13.3. The molecule has 16 nitrogen and oxygen atoms in total. The van der Waals surface area contributed by atoms with Crippen LogP contribution in [0.1, 0.15) is 105 Å². The smallest absolute Gasteiger partial charge is 0.272 e. The Bertz CT molecular complexity index is 2360. The first-order valence-corrected chi connectivity index (χ1v) is 21.4. The lowest BCUT2D eigenvalue weighted by molar-refractivity contribution is -0.136. The predicted molar refractivity (Wildman–Crippen MR) is 222 cm³/mol. The summed E-state index contributed by atoms with van der Waals surface area (Å²) in [6.07, 6.45) is 7.17. The summed E-state index contributed by atoms with van der Waals surface area (Å²) in [6, 6.07) is 14.4. The van der Waals surface area contributed by atoms with Gasteiger partial charge in [-0.3, -0.25) is 34.2 Å². The van der Waals surface area contributed by atoms with E-state index < -0.39 is 36.7 Å². The molecule has 4 saturated heterocycles. The number of imide groups is 2. The largest absolute Gasteiger partial charge is 0.495 e. The first-order chi connectivity index (χ1) is 30.7. The van der Waals surface area contributed by atoms with Gasteiger partial charge in [0.15, 0.2) is 11.5 Å². The van der Waals surface area contributed by atoms with Gasteiger partial charge in [-0.05, 0) is 119 Å². The molecule has 5 fully saturated rings. The molecule has 1 aliphatic carbocycles. The zero-order valence-corrected chi connectivity index (χ0v) is 33.9. The number of piperidine rings is 3. The van der Waals surface area contributed by atoms with Gasteiger partial charge in [-0.2, -0.15) is 5.26 Å². The molecule has 5 amide bonds. The number of carbonyl (C=O) groups excluding carboxylic acids is 5. The van der Waals surface area contributed by atoms with E-state index >= 15 is 0 Å². The van der Waals surface area contributed by atoms with E-state index in [9.17, 15) is 29.2 Å². The number of rotatable bonds is 10. The number of aromatic nitrogens is 2. The van der Waals surface area contributed by atoms with Gasteiger partial charge >= 0.3 is 0 Å². The lowest BCUT2D eigenvalue weighted by Gasteiger charge is -2.55. The number of anilines is 2. The minimum atomic E-state index is -2.69. The summed E-state index contributed by atoms with van der Waals surface area (Å²) in [6.45, 7) is 6.69. The van der Waals surface area contributed by atoms with Crippen LogP contribution >= 0.6 is 0 Å². The van der Waals surface area contributed by atoms with Crippen molar-refractivity contribution in [3.05, 3.63) is 70.9 Å². The van der Waals surface area contributed by atoms with E-state index in [1.54, 1.807) is 24.3 Å². The summed E-state index contributed by atoms with van der Waals surface area (Å²) in [5, 5.41) is 23.3. The minimum absolute atomic E-state index is 0.0438. The van der Waals surface area contributed by atoms with E-state index in [2.05, 4.69) is 35.5 Å². The standard InChI is InChI=1S/C45H51N9O7/c1-60-38-23-33(6-2-29(38)24-46)61-32-7-3-30(4-8-32)47-41(56)36-10-12-39(50-49-36)52-18-14-28(15-19-52)25-51-20-16-45(17-21-51)26-53(27-45)31-5-9-34-35(22-31)44(59)54(43(34)58)37-11-13-40(55)48-42(37)57/h2,5-6,9-10,12,22-23,28,30,32,37H,3-4,7-8,11,13-21,25-27H2,1H3,(H,47,56)(H,48,55,57)/i1D3. The van der Waals surface area contributed by atoms with Gasteiger partial charge in [0, 0.05) is 62.4 Å². The van der Waals surface area contributed by atoms with E-state index in [0.29, 0.717) is 48.5 Å². The molecule has 5 aliphatic heterocycles. The highest BCUT2D eigenvalue weighted by Gasteiger charge is 2.47. The van der Waals surface area contributed by atoms with Crippen molar-refractivity contribution in [1.29, 1.82) is 5.26 Å². The van der Waals surface area contributed by atoms with E-state index in [-0.39, 0.29) is 53.3 Å². The first kappa shape index (κ1) is 36.7. The quantitative estimate of drug-likeness (QED) is 0.282. The van der Waals surface area contributed by atoms with E-state index in [1.165, 1.54) is 12.1 Å². The van der Waals surface area contributed by atoms with Crippen molar-refractivity contribution in [2.75, 3.05) is 62.7 Å². The Hall–Kier alpha value is -6.08. The zero-order valence-electron chi connectivity index (χ0n) is 36.9. The first-order valence-electron chi connectivity index (χ1n) is 22.9. The van der Waals surface area contributed by atoms with Crippen LogP contribution in [0, 0.1) is 22.7 Å². The Morgan fingerprint density at radius 2 is 1.67 bits per heavy atom. The van der Waals surface area contributed by atoms with Crippen LogP contribution in [0.2, 0.25) is 0 Å². The second-order valence-electron chi connectivity index (χ2n) is 17.5. The van der Waals surface area contributed by atoms with Gasteiger partial charge < -0.3 is 29.5 Å². The molecule has 1 unspecified atom stereocenters. The van der Waals surface area contributed by atoms with Gasteiger partial charge in [0.05, 0.1) is 33.9 Å². The molecule has 6 heterocycles. The number of nitrogens with zero attached hydrogens (tertiary/aromatic N) is 7. The predicted octanol–water partition coefficient (Wildman–Crippen LogP) is 3.70. The zero-order chi connectivity index (χ0) is 44.8. The summed E-state index contributed by atoms with van der Waals surface area (Å²) < 4.78 is 33.2. The number of methoxy groups -OCH3 is 1. The highest BCUT2D eigenvalue weighted by molar-refractivity contribution is 6.23. The minimum Gasteiger partial charge on any atom is -0.495 e. The molecule has 61 heavy (non-hydrogen) atoms. The normalized spacial score (nSPS) is 25.1. The van der Waals surface area contributed by atoms with Crippen molar-refractivity contribution in [2.45, 2.75) is 82.4 Å². The number of hydrogen-bond acceptors (Lipinski definition) is 13. The highest BCUT2D eigenvalue weighted by atomic mass is 16.5. The third-order valence-electron chi connectivity index (χ3n) is 13.6. The lowest BCUT2D eigenvalue weighted by Crippen LogP contribution is -2.60. The van der Waals surface area contributed by atoms with Crippen molar-refractivity contribution in [1.82, 2.24) is 30.6 Å². The topological polar surface area (TPSA) is 190 Å². The molecule has 6 aliphatic rings. The molecule has 3 aromatic rings. The monoisotopic (exact) mass is 832 g/mol. The number of carbonyl (C=O) groups is 5. The molecular formula is C45H51N9O7. The Morgan fingerprint density at radius 1 is 0.902 bits per heavy atom. The Morgan fingerprint density at radius 3 is 2.38 bits per heavy atom.